The molecule has 4 aromatic rings. The first kappa shape index (κ1) is 17.7. The highest BCUT2D eigenvalue weighted by Crippen LogP contribution is 2.22. The van der Waals surface area contributed by atoms with Gasteiger partial charge in [-0.15, -0.1) is 0 Å². The van der Waals surface area contributed by atoms with Gasteiger partial charge in [0.25, 0.3) is 5.91 Å². The third-order valence-electron chi connectivity index (χ3n) is 4.29. The van der Waals surface area contributed by atoms with Gasteiger partial charge in [-0.1, -0.05) is 41.6 Å². The lowest BCUT2D eigenvalue weighted by molar-refractivity contribution is 0.101. The van der Waals surface area contributed by atoms with Crippen LogP contribution in [0.15, 0.2) is 70.0 Å². The first-order valence-corrected chi connectivity index (χ1v) is 8.62. The molecule has 1 amide bonds. The van der Waals surface area contributed by atoms with Gasteiger partial charge in [-0.3, -0.25) is 9.59 Å². The second-order valence-electron chi connectivity index (χ2n) is 6.25. The maximum atomic E-state index is 12.5. The summed E-state index contributed by atoms with van der Waals surface area (Å²) in [5.41, 5.74) is 2.70. The van der Waals surface area contributed by atoms with Crippen LogP contribution in [0.4, 0.5) is 5.69 Å². The van der Waals surface area contributed by atoms with Gasteiger partial charge >= 0.3 is 0 Å². The number of pyridine rings is 1. The average molecular weight is 375 g/mol. The molecule has 2 aromatic carbocycles. The number of fused-ring (bicyclic) bond motifs is 1. The van der Waals surface area contributed by atoms with Gasteiger partial charge in [-0.05, 0) is 17.7 Å². The fourth-order valence-corrected chi connectivity index (χ4v) is 3.00. The molecular formula is C21H17N3O4. The Balaban J connectivity index is 1.59. The Morgan fingerprint density at radius 1 is 1.14 bits per heavy atom. The van der Waals surface area contributed by atoms with Crippen molar-refractivity contribution in [3.63, 3.8) is 0 Å². The molecule has 140 valence electrons. The van der Waals surface area contributed by atoms with Gasteiger partial charge in [-0.2, -0.15) is 0 Å². The zero-order valence-electron chi connectivity index (χ0n) is 15.1. The lowest BCUT2D eigenvalue weighted by atomic mass is 10.1. The summed E-state index contributed by atoms with van der Waals surface area (Å²) in [6.07, 6.45) is 0. The van der Waals surface area contributed by atoms with Crippen LogP contribution < -0.4 is 10.9 Å². The number of methoxy groups -OCH3 is 1. The number of nitrogens with one attached hydrogen (secondary N) is 2. The smallest absolute Gasteiger partial charge is 0.277 e. The molecule has 0 fully saturated rings. The zero-order valence-corrected chi connectivity index (χ0v) is 15.1. The van der Waals surface area contributed by atoms with Crippen molar-refractivity contribution in [2.75, 3.05) is 12.4 Å². The van der Waals surface area contributed by atoms with Crippen molar-refractivity contribution in [1.29, 1.82) is 0 Å². The Bertz CT molecular complexity index is 1200. The molecule has 0 aliphatic heterocycles. The van der Waals surface area contributed by atoms with Gasteiger partial charge in [-0.25, -0.2) is 0 Å². The minimum absolute atomic E-state index is 0.167. The fourth-order valence-electron chi connectivity index (χ4n) is 3.00. The Morgan fingerprint density at radius 3 is 2.75 bits per heavy atom. The standard InChI is InChI=1S/C21H17N3O4/c1-27-12-14-9-20(25)23-17-10-15(7-8-16(14)17)22-21(26)18-11-19(28-24-18)13-5-3-2-4-6-13/h2-11H,12H2,1H3,(H,22,26)(H,23,25). The van der Waals surface area contributed by atoms with E-state index in [1.807, 2.05) is 36.4 Å². The molecule has 0 bridgehead atoms. The normalized spacial score (nSPS) is 10.9. The van der Waals surface area contributed by atoms with Crippen LogP contribution in [0.5, 0.6) is 0 Å². The SMILES string of the molecule is COCc1cc(=O)[nH]c2cc(NC(=O)c3cc(-c4ccccc4)on3)ccc12. The molecule has 7 heteroatoms. The number of amides is 1. The third-order valence-corrected chi connectivity index (χ3v) is 4.29. The predicted octanol–water partition coefficient (Wildman–Crippen LogP) is 3.58. The maximum Gasteiger partial charge on any atom is 0.277 e. The molecule has 7 nitrogen and oxygen atoms in total. The predicted molar refractivity (Wildman–Crippen MR) is 105 cm³/mol. The Kier molecular flexibility index (Phi) is 4.74. The summed E-state index contributed by atoms with van der Waals surface area (Å²) in [6.45, 7) is 0.327. The second-order valence-corrected chi connectivity index (χ2v) is 6.25. The molecule has 4 rings (SSSR count). The molecule has 0 saturated carbocycles. The molecule has 0 radical (unpaired) electrons. The summed E-state index contributed by atoms with van der Waals surface area (Å²) in [5.74, 6) is 0.110. The fraction of sp³-hybridized carbons (Fsp3) is 0.0952. The van der Waals surface area contributed by atoms with Crippen LogP contribution in [0, 0.1) is 0 Å². The molecule has 0 spiro atoms. The molecule has 2 heterocycles. The summed E-state index contributed by atoms with van der Waals surface area (Å²) in [5, 5.41) is 7.47. The molecule has 0 atom stereocenters. The monoisotopic (exact) mass is 375 g/mol. The van der Waals surface area contributed by atoms with E-state index in [-0.39, 0.29) is 11.3 Å². The molecular weight excluding hydrogens is 358 g/mol. The summed E-state index contributed by atoms with van der Waals surface area (Å²) in [4.78, 5) is 27.1. The van der Waals surface area contributed by atoms with Gasteiger partial charge in [0.1, 0.15) is 0 Å². The van der Waals surface area contributed by atoms with Gasteiger partial charge < -0.3 is 19.6 Å². The minimum atomic E-state index is -0.402. The second kappa shape index (κ2) is 7.50. The van der Waals surface area contributed by atoms with E-state index < -0.39 is 5.91 Å². The van der Waals surface area contributed by atoms with Crippen molar-refractivity contribution in [1.82, 2.24) is 10.1 Å². The van der Waals surface area contributed by atoms with Crippen LogP contribution in [-0.4, -0.2) is 23.2 Å². The van der Waals surface area contributed by atoms with Gasteiger partial charge in [0, 0.05) is 35.9 Å². The van der Waals surface area contributed by atoms with E-state index >= 15 is 0 Å². The number of ether oxygens (including phenoxy) is 1. The molecule has 28 heavy (non-hydrogen) atoms. The molecule has 0 aliphatic rings. The molecule has 2 aromatic heterocycles. The number of aromatic nitrogens is 2. The third kappa shape index (κ3) is 3.56. The van der Waals surface area contributed by atoms with Crippen LogP contribution in [0.25, 0.3) is 22.2 Å². The highest BCUT2D eigenvalue weighted by molar-refractivity contribution is 6.04. The number of rotatable bonds is 5. The van der Waals surface area contributed by atoms with Crippen molar-refractivity contribution >= 4 is 22.5 Å². The first-order valence-electron chi connectivity index (χ1n) is 8.62. The summed E-state index contributed by atoms with van der Waals surface area (Å²) in [6, 6.07) is 17.8. The lowest BCUT2D eigenvalue weighted by Crippen LogP contribution is -2.13. The number of carbonyl (C=O) groups excluding carboxylic acids is 1. The van der Waals surface area contributed by atoms with E-state index in [9.17, 15) is 9.59 Å². The molecule has 0 aliphatic carbocycles. The number of aromatic amines is 1. The van der Waals surface area contributed by atoms with E-state index in [4.69, 9.17) is 9.26 Å². The van der Waals surface area contributed by atoms with Crippen LogP contribution in [0.3, 0.4) is 0 Å². The Hall–Kier alpha value is -3.71. The number of hydrogen-bond acceptors (Lipinski definition) is 5. The van der Waals surface area contributed by atoms with Crippen molar-refractivity contribution < 1.29 is 14.1 Å². The zero-order chi connectivity index (χ0) is 19.5. The van der Waals surface area contributed by atoms with E-state index in [0.717, 1.165) is 16.5 Å². The highest BCUT2D eigenvalue weighted by atomic mass is 16.5. The number of benzene rings is 2. The molecule has 2 N–H and O–H groups in total. The average Bonchev–Trinajstić information content (AvgIpc) is 3.19. The highest BCUT2D eigenvalue weighted by Gasteiger charge is 2.14. The van der Waals surface area contributed by atoms with Crippen molar-refractivity contribution in [3.8, 4) is 11.3 Å². The topological polar surface area (TPSA) is 97.2 Å². The van der Waals surface area contributed by atoms with Crippen LogP contribution in [0.2, 0.25) is 0 Å². The van der Waals surface area contributed by atoms with E-state index in [0.29, 0.717) is 23.6 Å². The van der Waals surface area contributed by atoms with Crippen LogP contribution >= 0.6 is 0 Å². The number of nitrogens with zero attached hydrogens (tertiary/aromatic N) is 1. The van der Waals surface area contributed by atoms with Crippen LogP contribution in [0.1, 0.15) is 16.1 Å². The quantitative estimate of drug-likeness (QED) is 0.556. The van der Waals surface area contributed by atoms with E-state index in [1.165, 1.54) is 6.07 Å². The van der Waals surface area contributed by atoms with E-state index in [2.05, 4.69) is 15.5 Å². The maximum absolute atomic E-state index is 12.5. The lowest BCUT2D eigenvalue weighted by Gasteiger charge is -2.08. The van der Waals surface area contributed by atoms with Crippen LogP contribution in [-0.2, 0) is 11.3 Å². The largest absolute Gasteiger partial charge is 0.380 e. The summed E-state index contributed by atoms with van der Waals surface area (Å²) in [7, 11) is 1.57. The number of carbonyl (C=O) groups is 1. The van der Waals surface area contributed by atoms with Crippen molar-refractivity contribution in [3.05, 3.63) is 82.3 Å². The van der Waals surface area contributed by atoms with E-state index in [1.54, 1.807) is 25.3 Å². The molecule has 0 unspecified atom stereocenters. The number of H-pyrrole nitrogens is 1. The van der Waals surface area contributed by atoms with Crippen molar-refractivity contribution in [2.24, 2.45) is 0 Å². The Labute approximate surface area is 159 Å². The molecule has 0 saturated heterocycles. The van der Waals surface area contributed by atoms with Crippen molar-refractivity contribution in [2.45, 2.75) is 6.61 Å². The van der Waals surface area contributed by atoms with Gasteiger partial charge in [0.2, 0.25) is 5.56 Å². The van der Waals surface area contributed by atoms with Gasteiger partial charge in [0.05, 0.1) is 12.1 Å². The minimum Gasteiger partial charge on any atom is -0.380 e. The Morgan fingerprint density at radius 2 is 1.96 bits per heavy atom. The number of anilines is 1. The number of hydrogen-bond donors (Lipinski definition) is 2. The summed E-state index contributed by atoms with van der Waals surface area (Å²) < 4.78 is 10.4. The first-order chi connectivity index (χ1) is 13.6. The summed E-state index contributed by atoms with van der Waals surface area (Å²) >= 11 is 0. The van der Waals surface area contributed by atoms with Gasteiger partial charge in [0.15, 0.2) is 11.5 Å².